The Morgan fingerprint density at radius 2 is 2.20 bits per heavy atom. The van der Waals surface area contributed by atoms with Crippen molar-refractivity contribution in [2.24, 2.45) is 0 Å². The van der Waals surface area contributed by atoms with Crippen LogP contribution in [0, 0.1) is 0 Å². The zero-order chi connectivity index (χ0) is 14.4. The Labute approximate surface area is 123 Å². The van der Waals surface area contributed by atoms with E-state index in [0.29, 0.717) is 12.1 Å². The van der Waals surface area contributed by atoms with E-state index >= 15 is 0 Å². The van der Waals surface area contributed by atoms with E-state index < -0.39 is 0 Å². The number of piperazine rings is 1. The highest BCUT2D eigenvalue weighted by Gasteiger charge is 2.26. The summed E-state index contributed by atoms with van der Waals surface area (Å²) >= 11 is 0. The average molecular weight is 276 g/mol. The maximum Gasteiger partial charge on any atom is 0.119 e. The van der Waals surface area contributed by atoms with Crippen molar-refractivity contribution < 1.29 is 4.74 Å². The average Bonchev–Trinajstić information content (AvgIpc) is 2.48. The number of hydrogen-bond donors (Lipinski definition) is 1. The first-order chi connectivity index (χ1) is 9.76. The molecule has 112 valence electrons. The Morgan fingerprint density at radius 3 is 2.90 bits per heavy atom. The standard InChI is InChI=1S/C17H28N2O/c1-4-7-15-13-19(16(5-2)11-18-15)12-14-8-6-9-17(10-14)20-3/h6,8-10,15-16,18H,4-5,7,11-13H2,1-3H3. The van der Waals surface area contributed by atoms with Gasteiger partial charge in [-0.25, -0.2) is 0 Å². The number of rotatable bonds is 6. The maximum atomic E-state index is 5.33. The molecule has 1 aliphatic heterocycles. The molecule has 3 nitrogen and oxygen atoms in total. The SMILES string of the molecule is CCCC1CN(Cc2cccc(OC)c2)C(CC)CN1. The fourth-order valence-electron chi connectivity index (χ4n) is 3.07. The first kappa shape index (κ1) is 15.3. The monoisotopic (exact) mass is 276 g/mol. The number of hydrogen-bond acceptors (Lipinski definition) is 3. The summed E-state index contributed by atoms with van der Waals surface area (Å²) < 4.78 is 5.33. The summed E-state index contributed by atoms with van der Waals surface area (Å²) in [6.45, 7) is 7.84. The highest BCUT2D eigenvalue weighted by atomic mass is 16.5. The van der Waals surface area contributed by atoms with Crippen LogP contribution < -0.4 is 10.1 Å². The van der Waals surface area contributed by atoms with Crippen LogP contribution in [0.4, 0.5) is 0 Å². The first-order valence-electron chi connectivity index (χ1n) is 7.87. The van der Waals surface area contributed by atoms with E-state index in [-0.39, 0.29) is 0 Å². The number of benzene rings is 1. The molecule has 0 bridgehead atoms. The molecule has 1 saturated heterocycles. The fourth-order valence-corrected chi connectivity index (χ4v) is 3.07. The van der Waals surface area contributed by atoms with Gasteiger partial charge in [-0.1, -0.05) is 32.4 Å². The maximum absolute atomic E-state index is 5.33. The third kappa shape index (κ3) is 3.97. The second-order valence-corrected chi connectivity index (χ2v) is 5.74. The third-order valence-electron chi connectivity index (χ3n) is 4.24. The highest BCUT2D eigenvalue weighted by Crippen LogP contribution is 2.19. The Kier molecular flexibility index (Phi) is 5.86. The molecule has 1 aromatic carbocycles. The Hall–Kier alpha value is -1.06. The molecule has 20 heavy (non-hydrogen) atoms. The molecule has 0 aromatic heterocycles. The molecule has 1 heterocycles. The summed E-state index contributed by atoms with van der Waals surface area (Å²) in [6, 6.07) is 9.75. The smallest absolute Gasteiger partial charge is 0.119 e. The van der Waals surface area contributed by atoms with E-state index in [1.807, 2.05) is 6.07 Å². The van der Waals surface area contributed by atoms with Crippen LogP contribution in [0.25, 0.3) is 0 Å². The molecule has 2 unspecified atom stereocenters. The van der Waals surface area contributed by atoms with Gasteiger partial charge in [-0.3, -0.25) is 4.90 Å². The van der Waals surface area contributed by atoms with Crippen LogP contribution in [0.3, 0.4) is 0 Å². The Morgan fingerprint density at radius 1 is 1.35 bits per heavy atom. The Balaban J connectivity index is 2.02. The third-order valence-corrected chi connectivity index (χ3v) is 4.24. The van der Waals surface area contributed by atoms with E-state index in [1.54, 1.807) is 7.11 Å². The number of nitrogens with one attached hydrogen (secondary N) is 1. The zero-order valence-electron chi connectivity index (χ0n) is 13.1. The van der Waals surface area contributed by atoms with E-state index in [2.05, 4.69) is 42.3 Å². The lowest BCUT2D eigenvalue weighted by atomic mass is 10.0. The largest absolute Gasteiger partial charge is 0.497 e. The van der Waals surface area contributed by atoms with Crippen molar-refractivity contribution in [2.75, 3.05) is 20.2 Å². The van der Waals surface area contributed by atoms with Gasteiger partial charge in [0.1, 0.15) is 5.75 Å². The summed E-state index contributed by atoms with van der Waals surface area (Å²) in [5.41, 5.74) is 1.35. The normalized spacial score (nSPS) is 23.8. The van der Waals surface area contributed by atoms with Gasteiger partial charge in [-0.05, 0) is 30.5 Å². The van der Waals surface area contributed by atoms with Crippen LogP contribution in [0.1, 0.15) is 38.7 Å². The molecule has 2 rings (SSSR count). The van der Waals surface area contributed by atoms with E-state index in [1.165, 1.54) is 24.8 Å². The lowest BCUT2D eigenvalue weighted by Gasteiger charge is -2.40. The fraction of sp³-hybridized carbons (Fsp3) is 0.647. The van der Waals surface area contributed by atoms with E-state index in [4.69, 9.17) is 4.74 Å². The van der Waals surface area contributed by atoms with Crippen LogP contribution >= 0.6 is 0 Å². The minimum atomic E-state index is 0.647. The lowest BCUT2D eigenvalue weighted by molar-refractivity contribution is 0.115. The van der Waals surface area contributed by atoms with Crippen molar-refractivity contribution in [2.45, 2.75) is 51.7 Å². The van der Waals surface area contributed by atoms with Gasteiger partial charge in [0.05, 0.1) is 7.11 Å². The van der Waals surface area contributed by atoms with Gasteiger partial charge < -0.3 is 10.1 Å². The van der Waals surface area contributed by atoms with Crippen LogP contribution in [0.15, 0.2) is 24.3 Å². The van der Waals surface area contributed by atoms with Crippen LogP contribution in [-0.2, 0) is 6.54 Å². The molecule has 0 aliphatic carbocycles. The van der Waals surface area contributed by atoms with Gasteiger partial charge in [-0.2, -0.15) is 0 Å². The van der Waals surface area contributed by atoms with Crippen molar-refractivity contribution in [3.63, 3.8) is 0 Å². The van der Waals surface area contributed by atoms with Crippen molar-refractivity contribution >= 4 is 0 Å². The lowest BCUT2D eigenvalue weighted by Crippen LogP contribution is -2.55. The van der Waals surface area contributed by atoms with Gasteiger partial charge in [0.25, 0.3) is 0 Å². The van der Waals surface area contributed by atoms with E-state index in [9.17, 15) is 0 Å². The van der Waals surface area contributed by atoms with Gasteiger partial charge in [0.15, 0.2) is 0 Å². The predicted octanol–water partition coefficient (Wildman–Crippen LogP) is 3.05. The second-order valence-electron chi connectivity index (χ2n) is 5.74. The molecule has 1 aliphatic rings. The first-order valence-corrected chi connectivity index (χ1v) is 7.87. The van der Waals surface area contributed by atoms with Gasteiger partial charge in [0.2, 0.25) is 0 Å². The van der Waals surface area contributed by atoms with Gasteiger partial charge in [-0.15, -0.1) is 0 Å². The summed E-state index contributed by atoms with van der Waals surface area (Å²) in [5.74, 6) is 0.954. The van der Waals surface area contributed by atoms with Gasteiger partial charge in [0, 0.05) is 31.7 Å². The Bertz CT molecular complexity index is 408. The van der Waals surface area contributed by atoms with Crippen molar-refractivity contribution in [1.82, 2.24) is 10.2 Å². The molecule has 1 aromatic rings. The highest BCUT2D eigenvalue weighted by molar-refractivity contribution is 5.28. The second kappa shape index (κ2) is 7.65. The predicted molar refractivity (Wildman–Crippen MR) is 84.2 cm³/mol. The molecule has 0 saturated carbocycles. The molecule has 0 spiro atoms. The number of methoxy groups -OCH3 is 1. The quantitative estimate of drug-likeness (QED) is 0.864. The molecule has 3 heteroatoms. The molecule has 1 fully saturated rings. The molecular weight excluding hydrogens is 248 g/mol. The van der Waals surface area contributed by atoms with Crippen molar-refractivity contribution in [1.29, 1.82) is 0 Å². The van der Waals surface area contributed by atoms with Crippen molar-refractivity contribution in [3.05, 3.63) is 29.8 Å². The molecular formula is C17H28N2O. The zero-order valence-corrected chi connectivity index (χ0v) is 13.1. The summed E-state index contributed by atoms with van der Waals surface area (Å²) in [7, 11) is 1.73. The van der Waals surface area contributed by atoms with Crippen molar-refractivity contribution in [3.8, 4) is 5.75 Å². The topological polar surface area (TPSA) is 24.5 Å². The minimum Gasteiger partial charge on any atom is -0.497 e. The summed E-state index contributed by atoms with van der Waals surface area (Å²) in [5, 5.41) is 3.69. The number of nitrogens with zero attached hydrogens (tertiary/aromatic N) is 1. The summed E-state index contributed by atoms with van der Waals surface area (Å²) in [6.07, 6.45) is 3.72. The van der Waals surface area contributed by atoms with Gasteiger partial charge >= 0.3 is 0 Å². The van der Waals surface area contributed by atoms with Crippen LogP contribution in [0.5, 0.6) is 5.75 Å². The van der Waals surface area contributed by atoms with Crippen LogP contribution in [0.2, 0.25) is 0 Å². The minimum absolute atomic E-state index is 0.647. The molecule has 0 radical (unpaired) electrons. The summed E-state index contributed by atoms with van der Waals surface area (Å²) in [4.78, 5) is 2.63. The molecule has 2 atom stereocenters. The molecule has 1 N–H and O–H groups in total. The van der Waals surface area contributed by atoms with E-state index in [0.717, 1.165) is 25.4 Å². The number of ether oxygens (including phenoxy) is 1. The molecule has 0 amide bonds. The van der Waals surface area contributed by atoms with Crippen LogP contribution in [-0.4, -0.2) is 37.2 Å².